The zero-order valence-corrected chi connectivity index (χ0v) is 16.7. The lowest BCUT2D eigenvalue weighted by Gasteiger charge is -2.20. The number of benzene rings is 3. The fourth-order valence-electron chi connectivity index (χ4n) is 3.77. The van der Waals surface area contributed by atoms with Crippen LogP contribution in [0.15, 0.2) is 96.6 Å². The standard InChI is InChI=1S/C26H22O4/c1-2-29-26(28)22-21(18-12-6-3-7-13-18)25(23(27)19-14-8-4-9-15-19)30-24(22)20-16-10-5-11-17-20/h3-17,21,25H,2H2,1H3/t21-,25-/m0/s1. The second kappa shape index (κ2) is 8.78. The number of rotatable bonds is 6. The average Bonchev–Trinajstić information content (AvgIpc) is 3.21. The van der Waals surface area contributed by atoms with E-state index in [1.807, 2.05) is 78.9 Å². The Balaban J connectivity index is 1.87. The number of hydrogen-bond donors (Lipinski definition) is 0. The Hall–Kier alpha value is -3.66. The van der Waals surface area contributed by atoms with E-state index >= 15 is 0 Å². The first kappa shape index (κ1) is 19.6. The lowest BCUT2D eigenvalue weighted by molar-refractivity contribution is -0.138. The molecule has 3 aromatic carbocycles. The van der Waals surface area contributed by atoms with E-state index < -0.39 is 18.0 Å². The molecule has 1 aliphatic rings. The fraction of sp³-hybridized carbons (Fsp3) is 0.154. The Morgan fingerprint density at radius 2 is 1.40 bits per heavy atom. The van der Waals surface area contributed by atoms with Crippen LogP contribution in [0.2, 0.25) is 0 Å². The van der Waals surface area contributed by atoms with Crippen molar-refractivity contribution >= 4 is 17.5 Å². The van der Waals surface area contributed by atoms with Crippen molar-refractivity contribution in [2.45, 2.75) is 18.9 Å². The van der Waals surface area contributed by atoms with Crippen molar-refractivity contribution in [1.82, 2.24) is 0 Å². The van der Waals surface area contributed by atoms with Gasteiger partial charge in [0.15, 0.2) is 6.10 Å². The molecule has 1 aliphatic heterocycles. The third-order valence-electron chi connectivity index (χ3n) is 5.11. The number of carbonyl (C=O) groups excluding carboxylic acids is 2. The van der Waals surface area contributed by atoms with E-state index in [9.17, 15) is 9.59 Å². The van der Waals surface area contributed by atoms with Crippen LogP contribution in [-0.4, -0.2) is 24.5 Å². The van der Waals surface area contributed by atoms with E-state index in [-0.39, 0.29) is 12.4 Å². The summed E-state index contributed by atoms with van der Waals surface area (Å²) in [5.41, 5.74) is 2.50. The smallest absolute Gasteiger partial charge is 0.338 e. The Labute approximate surface area is 175 Å². The molecule has 0 amide bonds. The molecule has 0 saturated carbocycles. The van der Waals surface area contributed by atoms with Gasteiger partial charge in [-0.3, -0.25) is 4.79 Å². The first-order valence-electron chi connectivity index (χ1n) is 9.98. The Morgan fingerprint density at radius 1 is 0.833 bits per heavy atom. The van der Waals surface area contributed by atoms with Crippen molar-refractivity contribution in [1.29, 1.82) is 0 Å². The number of hydrogen-bond acceptors (Lipinski definition) is 4. The van der Waals surface area contributed by atoms with Crippen molar-refractivity contribution < 1.29 is 19.1 Å². The maximum atomic E-state index is 13.4. The van der Waals surface area contributed by atoms with E-state index in [0.29, 0.717) is 16.9 Å². The van der Waals surface area contributed by atoms with Crippen molar-refractivity contribution in [3.63, 3.8) is 0 Å². The Morgan fingerprint density at radius 3 is 2.00 bits per heavy atom. The molecule has 4 nitrogen and oxygen atoms in total. The van der Waals surface area contributed by atoms with Crippen LogP contribution in [0.4, 0.5) is 0 Å². The minimum Gasteiger partial charge on any atom is -0.480 e. The molecule has 1 heterocycles. The van der Waals surface area contributed by atoms with Crippen molar-refractivity contribution in [3.05, 3.63) is 113 Å². The summed E-state index contributed by atoms with van der Waals surface area (Å²) in [5.74, 6) is -0.795. The summed E-state index contributed by atoms with van der Waals surface area (Å²) in [6.45, 7) is 2.00. The van der Waals surface area contributed by atoms with Crippen LogP contribution in [0, 0.1) is 0 Å². The summed E-state index contributed by atoms with van der Waals surface area (Å²) in [7, 11) is 0. The molecular formula is C26H22O4. The molecule has 4 rings (SSSR count). The molecular weight excluding hydrogens is 376 g/mol. The van der Waals surface area contributed by atoms with E-state index in [2.05, 4.69) is 0 Å². The highest BCUT2D eigenvalue weighted by molar-refractivity contribution is 6.06. The molecule has 0 spiro atoms. The molecule has 3 aromatic rings. The quantitative estimate of drug-likeness (QED) is 0.432. The normalized spacial score (nSPS) is 18.0. The lowest BCUT2D eigenvalue weighted by Crippen LogP contribution is -2.29. The minimum absolute atomic E-state index is 0.169. The second-order valence-corrected chi connectivity index (χ2v) is 6.99. The third-order valence-corrected chi connectivity index (χ3v) is 5.11. The van der Waals surface area contributed by atoms with Crippen LogP contribution in [0.1, 0.15) is 34.3 Å². The molecule has 2 atom stereocenters. The first-order chi connectivity index (χ1) is 14.7. The third kappa shape index (κ3) is 3.77. The van der Waals surface area contributed by atoms with Gasteiger partial charge in [0, 0.05) is 11.1 Å². The van der Waals surface area contributed by atoms with Gasteiger partial charge in [0.05, 0.1) is 18.1 Å². The van der Waals surface area contributed by atoms with Gasteiger partial charge in [-0.15, -0.1) is 0 Å². The Bertz CT molecular complexity index is 1060. The maximum absolute atomic E-state index is 13.4. The maximum Gasteiger partial charge on any atom is 0.338 e. The van der Waals surface area contributed by atoms with Gasteiger partial charge in [0.1, 0.15) is 5.76 Å². The summed E-state index contributed by atoms with van der Waals surface area (Å²) >= 11 is 0. The number of ether oxygens (including phenoxy) is 2. The molecule has 0 N–H and O–H groups in total. The van der Waals surface area contributed by atoms with E-state index in [1.165, 1.54) is 0 Å². The first-order valence-corrected chi connectivity index (χ1v) is 9.98. The van der Waals surface area contributed by atoms with Gasteiger partial charge in [0.25, 0.3) is 0 Å². The van der Waals surface area contributed by atoms with Crippen molar-refractivity contribution in [3.8, 4) is 0 Å². The Kier molecular flexibility index (Phi) is 5.75. The SMILES string of the molecule is CCOC(=O)C1=C(c2ccccc2)O[C@H](C(=O)c2ccccc2)[C@H]1c1ccccc1. The molecule has 0 bridgehead atoms. The molecule has 0 radical (unpaired) electrons. The highest BCUT2D eigenvalue weighted by Crippen LogP contribution is 2.44. The topological polar surface area (TPSA) is 52.6 Å². The van der Waals surface area contributed by atoms with Crippen molar-refractivity contribution in [2.24, 2.45) is 0 Å². The monoisotopic (exact) mass is 398 g/mol. The summed E-state index contributed by atoms with van der Waals surface area (Å²) in [6, 6.07) is 27.9. The second-order valence-electron chi connectivity index (χ2n) is 6.99. The predicted octanol–water partition coefficient (Wildman–Crippen LogP) is 5.03. The highest BCUT2D eigenvalue weighted by Gasteiger charge is 2.46. The number of ketones is 1. The van der Waals surface area contributed by atoms with Crippen LogP contribution in [-0.2, 0) is 14.3 Å². The lowest BCUT2D eigenvalue weighted by atomic mass is 9.84. The van der Waals surface area contributed by atoms with Crippen molar-refractivity contribution in [2.75, 3.05) is 6.61 Å². The van der Waals surface area contributed by atoms with Gasteiger partial charge in [-0.1, -0.05) is 91.0 Å². The van der Waals surface area contributed by atoms with Gasteiger partial charge in [-0.25, -0.2) is 4.79 Å². The van der Waals surface area contributed by atoms with Crippen LogP contribution >= 0.6 is 0 Å². The van der Waals surface area contributed by atoms with Gasteiger partial charge in [0.2, 0.25) is 5.78 Å². The van der Waals surface area contributed by atoms with E-state index in [4.69, 9.17) is 9.47 Å². The van der Waals surface area contributed by atoms with Crippen LogP contribution in [0.25, 0.3) is 5.76 Å². The average molecular weight is 398 g/mol. The molecule has 0 aromatic heterocycles. The summed E-state index contributed by atoms with van der Waals surface area (Å²) in [6.07, 6.45) is -0.857. The largest absolute Gasteiger partial charge is 0.480 e. The number of Topliss-reactive ketones (excluding diaryl/α,β-unsaturated/α-hetero) is 1. The van der Waals surface area contributed by atoms with Crippen LogP contribution in [0.3, 0.4) is 0 Å². The highest BCUT2D eigenvalue weighted by atomic mass is 16.5. The van der Waals surface area contributed by atoms with Gasteiger partial charge < -0.3 is 9.47 Å². The van der Waals surface area contributed by atoms with E-state index in [1.54, 1.807) is 19.1 Å². The molecule has 0 aliphatic carbocycles. The summed E-state index contributed by atoms with van der Waals surface area (Å²) in [4.78, 5) is 26.5. The number of carbonyl (C=O) groups is 2. The van der Waals surface area contributed by atoms with Gasteiger partial charge in [-0.2, -0.15) is 0 Å². The van der Waals surface area contributed by atoms with Crippen LogP contribution < -0.4 is 0 Å². The molecule has 4 heteroatoms. The number of esters is 1. The molecule has 0 fully saturated rings. The zero-order valence-electron chi connectivity index (χ0n) is 16.7. The minimum atomic E-state index is -0.857. The molecule has 0 saturated heterocycles. The summed E-state index contributed by atoms with van der Waals surface area (Å²) < 4.78 is 11.6. The van der Waals surface area contributed by atoms with Gasteiger partial charge >= 0.3 is 5.97 Å². The zero-order chi connectivity index (χ0) is 20.9. The predicted molar refractivity (Wildman–Crippen MR) is 115 cm³/mol. The molecule has 0 unspecified atom stereocenters. The molecule has 30 heavy (non-hydrogen) atoms. The molecule has 150 valence electrons. The summed E-state index contributed by atoms with van der Waals surface area (Å²) in [5, 5.41) is 0. The van der Waals surface area contributed by atoms with E-state index in [0.717, 1.165) is 11.1 Å². The van der Waals surface area contributed by atoms with Gasteiger partial charge in [-0.05, 0) is 12.5 Å². The fourth-order valence-corrected chi connectivity index (χ4v) is 3.77. The van der Waals surface area contributed by atoms with Crippen LogP contribution in [0.5, 0.6) is 0 Å².